The van der Waals surface area contributed by atoms with Crippen LogP contribution in [0.2, 0.25) is 0 Å². The predicted octanol–water partition coefficient (Wildman–Crippen LogP) is 17.9. The Morgan fingerprint density at radius 1 is 0.239 bits per heavy atom. The van der Waals surface area contributed by atoms with Gasteiger partial charge in [0, 0.05) is 5.75 Å². The van der Waals surface area contributed by atoms with Crippen molar-refractivity contribution in [2.45, 2.75) is 277 Å². The molecule has 0 saturated heterocycles. The van der Waals surface area contributed by atoms with Gasteiger partial charge in [0.05, 0.1) is 0 Å². The molecule has 0 amide bonds. The lowest BCUT2D eigenvalue weighted by Crippen LogP contribution is -1.85. The molecule has 0 aromatic heterocycles. The van der Waals surface area contributed by atoms with Crippen molar-refractivity contribution in [3.8, 4) is 0 Å². The lowest BCUT2D eigenvalue weighted by atomic mass is 10.0. The Balaban J connectivity index is 3.03. The van der Waals surface area contributed by atoms with Gasteiger partial charge in [-0.15, -0.1) is 0 Å². The maximum atomic E-state index is 2.52. The van der Waals surface area contributed by atoms with Crippen LogP contribution in [0.4, 0.5) is 0 Å². The third kappa shape index (κ3) is 44.4. The quantitative estimate of drug-likeness (QED) is 0.0585. The summed E-state index contributed by atoms with van der Waals surface area (Å²) in [5, 5.41) is 0. The fourth-order valence-corrected chi connectivity index (χ4v) is 7.96. The normalized spacial score (nSPS) is 11.6. The molecular weight excluding hydrogens is 573 g/mol. The van der Waals surface area contributed by atoms with Gasteiger partial charge in [0.1, 0.15) is 0 Å². The van der Waals surface area contributed by atoms with Crippen molar-refractivity contribution in [1.29, 1.82) is 0 Å². The summed E-state index contributed by atoms with van der Waals surface area (Å²) in [6.45, 7) is 4.62. The first-order chi connectivity index (χ1) is 22.9. The van der Waals surface area contributed by atoms with Crippen LogP contribution in [-0.2, 0) is 0 Å². The smallest absolute Gasteiger partial charge is 0.0166 e. The van der Waals surface area contributed by atoms with E-state index >= 15 is 0 Å². The van der Waals surface area contributed by atoms with Gasteiger partial charge < -0.3 is 0 Å². The molecule has 0 saturated carbocycles. The molecule has 46 heavy (non-hydrogen) atoms. The number of hydrogen-bond donors (Lipinski definition) is 0. The van der Waals surface area contributed by atoms with E-state index in [-0.39, 0.29) is 0 Å². The number of rotatable bonds is 43. The van der Waals surface area contributed by atoms with Crippen molar-refractivity contribution in [3.63, 3.8) is 0 Å². The van der Waals surface area contributed by atoms with Crippen LogP contribution in [0.5, 0.6) is 0 Å². The van der Waals surface area contributed by atoms with Crippen LogP contribution >= 0.6 is 11.8 Å². The third-order valence-corrected chi connectivity index (χ3v) is 11.4. The summed E-state index contributed by atoms with van der Waals surface area (Å²) in [5.74, 6) is 3.88. The number of thioether (sulfide) groups is 1. The van der Waals surface area contributed by atoms with Gasteiger partial charge in [0.25, 0.3) is 0 Å². The number of unbranched alkanes of at least 4 members (excludes halogenated alkanes) is 39. The second kappa shape index (κ2) is 45.3. The van der Waals surface area contributed by atoms with Crippen LogP contribution in [0, 0.1) is 5.75 Å². The van der Waals surface area contributed by atoms with Gasteiger partial charge in [-0.2, -0.15) is 11.8 Å². The molecule has 0 fully saturated rings. The van der Waals surface area contributed by atoms with Crippen LogP contribution in [0.15, 0.2) is 0 Å². The first-order valence-electron chi connectivity index (χ1n) is 22.3. The maximum absolute atomic E-state index is 2.52. The van der Waals surface area contributed by atoms with Gasteiger partial charge in [-0.05, 0) is 18.6 Å². The molecule has 1 radical (unpaired) electrons. The molecular formula is C45H91S. The fourth-order valence-electron chi connectivity index (χ4n) is 7.09. The highest BCUT2D eigenvalue weighted by molar-refractivity contribution is 8.01. The Morgan fingerprint density at radius 3 is 0.674 bits per heavy atom. The monoisotopic (exact) mass is 664 g/mol. The van der Waals surface area contributed by atoms with Gasteiger partial charge in [-0.3, -0.25) is 0 Å². The summed E-state index contributed by atoms with van der Waals surface area (Å²) in [6.07, 6.45) is 60.2. The van der Waals surface area contributed by atoms with Crippen molar-refractivity contribution >= 4 is 11.8 Å². The standard InChI is InChI=1S/C45H91S/c1-3-5-7-9-11-13-15-17-19-20-21-22-23-24-25-26-27-28-29-31-33-35-37-39-41-43-45-46-44-42-40-38-36-34-32-30-18-16-14-12-10-8-6-4-2/h45H,3-44H2,1-2H3. The highest BCUT2D eigenvalue weighted by atomic mass is 32.2. The summed E-state index contributed by atoms with van der Waals surface area (Å²) in [5.41, 5.74) is 0. The lowest BCUT2D eigenvalue weighted by molar-refractivity contribution is 0.516. The van der Waals surface area contributed by atoms with Crippen molar-refractivity contribution in [3.05, 3.63) is 5.75 Å². The summed E-state index contributed by atoms with van der Waals surface area (Å²) in [6, 6.07) is 0. The van der Waals surface area contributed by atoms with E-state index in [1.54, 1.807) is 0 Å². The molecule has 1 heteroatoms. The van der Waals surface area contributed by atoms with Gasteiger partial charge in [0.15, 0.2) is 0 Å². The summed E-state index contributed by atoms with van der Waals surface area (Å²) >= 11 is 2.11. The molecule has 0 heterocycles. The molecule has 0 spiro atoms. The zero-order chi connectivity index (χ0) is 33.1. The molecule has 0 bridgehead atoms. The van der Waals surface area contributed by atoms with E-state index < -0.39 is 0 Å². The molecule has 0 aliphatic rings. The SMILES string of the molecule is CCCCCCCCCCCCCCCCCCCCCCCCCCC[CH]SCCCCCCCCCCCCCCCCC. The fraction of sp³-hybridized carbons (Fsp3) is 0.978. The van der Waals surface area contributed by atoms with Crippen LogP contribution < -0.4 is 0 Å². The summed E-state index contributed by atoms with van der Waals surface area (Å²) in [7, 11) is 0. The Labute approximate surface area is 299 Å². The topological polar surface area (TPSA) is 0 Å². The van der Waals surface area contributed by atoms with E-state index in [1.165, 1.54) is 269 Å². The van der Waals surface area contributed by atoms with Crippen LogP contribution in [0.25, 0.3) is 0 Å². The molecule has 0 aromatic rings. The average Bonchev–Trinajstić information content (AvgIpc) is 3.07. The first kappa shape index (κ1) is 46.4. The van der Waals surface area contributed by atoms with Crippen LogP contribution in [-0.4, -0.2) is 5.75 Å². The molecule has 0 nitrogen and oxygen atoms in total. The molecule has 0 aliphatic carbocycles. The van der Waals surface area contributed by atoms with E-state index in [4.69, 9.17) is 0 Å². The summed E-state index contributed by atoms with van der Waals surface area (Å²) in [4.78, 5) is 0. The van der Waals surface area contributed by atoms with E-state index in [0.29, 0.717) is 0 Å². The minimum Gasteiger partial charge on any atom is -0.157 e. The van der Waals surface area contributed by atoms with Crippen LogP contribution in [0.1, 0.15) is 277 Å². The molecule has 277 valence electrons. The van der Waals surface area contributed by atoms with E-state index in [1.807, 2.05) is 0 Å². The second-order valence-electron chi connectivity index (χ2n) is 15.3. The Bertz CT molecular complexity index is 443. The zero-order valence-electron chi connectivity index (χ0n) is 32.7. The van der Waals surface area contributed by atoms with Gasteiger partial charge in [0.2, 0.25) is 0 Å². The van der Waals surface area contributed by atoms with Gasteiger partial charge in [-0.1, -0.05) is 264 Å². The molecule has 0 aliphatic heterocycles. The Hall–Kier alpha value is 0.350. The molecule has 0 atom stereocenters. The van der Waals surface area contributed by atoms with E-state index in [2.05, 4.69) is 31.4 Å². The van der Waals surface area contributed by atoms with E-state index in [9.17, 15) is 0 Å². The summed E-state index contributed by atoms with van der Waals surface area (Å²) < 4.78 is 0. The number of hydrogen-bond acceptors (Lipinski definition) is 1. The average molecular weight is 664 g/mol. The largest absolute Gasteiger partial charge is 0.157 e. The van der Waals surface area contributed by atoms with Crippen molar-refractivity contribution < 1.29 is 0 Å². The third-order valence-electron chi connectivity index (χ3n) is 10.4. The van der Waals surface area contributed by atoms with Gasteiger partial charge in [-0.25, -0.2) is 0 Å². The molecule has 0 N–H and O–H groups in total. The first-order valence-corrected chi connectivity index (χ1v) is 23.4. The minimum absolute atomic E-state index is 1.34. The zero-order valence-corrected chi connectivity index (χ0v) is 33.5. The lowest BCUT2D eigenvalue weighted by Gasteiger charge is -2.05. The Morgan fingerprint density at radius 2 is 0.435 bits per heavy atom. The molecule has 0 unspecified atom stereocenters. The molecule has 0 rings (SSSR count). The highest BCUT2D eigenvalue weighted by Crippen LogP contribution is 2.19. The maximum Gasteiger partial charge on any atom is 0.0166 e. The van der Waals surface area contributed by atoms with Gasteiger partial charge >= 0.3 is 0 Å². The van der Waals surface area contributed by atoms with Crippen LogP contribution in [0.3, 0.4) is 0 Å². The highest BCUT2D eigenvalue weighted by Gasteiger charge is 1.98. The molecule has 0 aromatic carbocycles. The van der Waals surface area contributed by atoms with Crippen molar-refractivity contribution in [2.75, 3.05) is 5.75 Å². The van der Waals surface area contributed by atoms with Crippen molar-refractivity contribution in [1.82, 2.24) is 0 Å². The van der Waals surface area contributed by atoms with E-state index in [0.717, 1.165) is 0 Å². The predicted molar refractivity (Wildman–Crippen MR) is 217 cm³/mol. The minimum atomic E-state index is 1.34. The second-order valence-corrected chi connectivity index (χ2v) is 16.3. The Kier molecular flexibility index (Phi) is 45.7. The van der Waals surface area contributed by atoms with Crippen molar-refractivity contribution in [2.24, 2.45) is 0 Å².